The quantitative estimate of drug-likeness (QED) is 0.0438. The molecule has 0 atom stereocenters. The van der Waals surface area contributed by atoms with Gasteiger partial charge in [0, 0.05) is 53.0 Å². The van der Waals surface area contributed by atoms with Crippen LogP contribution in [-0.2, 0) is 20.4 Å². The van der Waals surface area contributed by atoms with Crippen molar-refractivity contribution in [3.05, 3.63) is 105 Å². The van der Waals surface area contributed by atoms with Gasteiger partial charge in [0.05, 0.1) is 23.1 Å². The SMILES string of the molecule is CCCCCCCCN1/C(=C/C2=C([O-])C(=C\C3=[N+](CCCCCCCC)c4ccc(C(=O)O)cc4C3(C)C)/C2=C(/C#N)C(=O)OCC)C(C)(C)c2cc(C(=O)O)ccc21. The van der Waals surface area contributed by atoms with Crippen LogP contribution >= 0.6 is 0 Å². The fourth-order valence-corrected chi connectivity index (χ4v) is 8.80. The number of anilines is 1. The van der Waals surface area contributed by atoms with Crippen LogP contribution in [0.3, 0.4) is 0 Å². The number of ether oxygens (including phenoxy) is 1. The van der Waals surface area contributed by atoms with Crippen LogP contribution in [0.4, 0.5) is 11.4 Å². The Morgan fingerprint density at radius 1 is 0.797 bits per heavy atom. The van der Waals surface area contributed by atoms with Crippen LogP contribution in [0.5, 0.6) is 0 Å². The second kappa shape index (κ2) is 19.1. The van der Waals surface area contributed by atoms with E-state index in [2.05, 4.69) is 29.4 Å². The van der Waals surface area contributed by atoms with Gasteiger partial charge >= 0.3 is 17.9 Å². The number of hydrogen-bond donors (Lipinski definition) is 2. The molecule has 2 N–H and O–H groups in total. The Bertz CT molecular complexity index is 2180. The molecule has 2 heterocycles. The van der Waals surface area contributed by atoms with E-state index >= 15 is 0 Å². The average Bonchev–Trinajstić information content (AvgIpc) is 3.54. The van der Waals surface area contributed by atoms with E-state index in [9.17, 15) is 35.0 Å². The van der Waals surface area contributed by atoms with Gasteiger partial charge in [-0.05, 0) is 86.7 Å². The minimum absolute atomic E-state index is 0.0403. The molecule has 314 valence electrons. The molecule has 10 nitrogen and oxygen atoms in total. The van der Waals surface area contributed by atoms with E-state index in [1.807, 2.05) is 39.8 Å². The fourth-order valence-electron chi connectivity index (χ4n) is 8.80. The number of rotatable bonds is 20. The summed E-state index contributed by atoms with van der Waals surface area (Å²) in [6.07, 6.45) is 16.5. The van der Waals surface area contributed by atoms with E-state index in [0.717, 1.165) is 98.1 Å². The maximum absolute atomic E-state index is 14.7. The predicted octanol–water partition coefficient (Wildman–Crippen LogP) is 9.80. The van der Waals surface area contributed by atoms with Gasteiger partial charge in [-0.1, -0.05) is 91.2 Å². The number of carboxylic acids is 2. The molecule has 0 unspecified atom stereocenters. The summed E-state index contributed by atoms with van der Waals surface area (Å²) >= 11 is 0. The molecule has 1 aliphatic carbocycles. The van der Waals surface area contributed by atoms with Crippen LogP contribution in [0.15, 0.2) is 82.3 Å². The normalized spacial score (nSPS) is 18.5. The van der Waals surface area contributed by atoms with Crippen molar-refractivity contribution in [2.24, 2.45) is 0 Å². The average molecular weight is 804 g/mol. The van der Waals surface area contributed by atoms with Crippen LogP contribution in [0.1, 0.15) is 157 Å². The lowest BCUT2D eigenvalue weighted by molar-refractivity contribution is -0.438. The summed E-state index contributed by atoms with van der Waals surface area (Å²) in [5.74, 6) is -3.21. The summed E-state index contributed by atoms with van der Waals surface area (Å²) in [6, 6.07) is 12.3. The molecule has 0 radical (unpaired) electrons. The number of unbranched alkanes of at least 4 members (excludes halogenated alkanes) is 10. The van der Waals surface area contributed by atoms with E-state index in [4.69, 9.17) is 4.74 Å². The minimum atomic E-state index is -1.03. The van der Waals surface area contributed by atoms with Crippen molar-refractivity contribution in [1.82, 2.24) is 0 Å². The number of nitriles is 1. The Labute approximate surface area is 349 Å². The van der Waals surface area contributed by atoms with Gasteiger partial charge in [-0.2, -0.15) is 9.84 Å². The summed E-state index contributed by atoms with van der Waals surface area (Å²) in [7, 11) is 0. The molecule has 5 rings (SSSR count). The molecule has 2 aromatic carbocycles. The molecular formula is C49H61N3O7. The first-order valence-electron chi connectivity index (χ1n) is 21.5. The first-order valence-corrected chi connectivity index (χ1v) is 21.5. The topological polar surface area (TPSA) is 154 Å². The van der Waals surface area contributed by atoms with Gasteiger partial charge < -0.3 is 25.0 Å². The lowest BCUT2D eigenvalue weighted by Gasteiger charge is -2.37. The highest BCUT2D eigenvalue weighted by molar-refractivity contribution is 6.07. The second-order valence-electron chi connectivity index (χ2n) is 17.0. The highest BCUT2D eigenvalue weighted by Crippen LogP contribution is 2.51. The van der Waals surface area contributed by atoms with E-state index in [0.29, 0.717) is 13.1 Å². The Hall–Kier alpha value is -5.43. The lowest BCUT2D eigenvalue weighted by atomic mass is 9.74. The Morgan fingerprint density at radius 3 is 1.97 bits per heavy atom. The van der Waals surface area contributed by atoms with E-state index in [1.165, 1.54) is 12.8 Å². The number of carbonyl (C=O) groups excluding carboxylic acids is 1. The van der Waals surface area contributed by atoms with Crippen molar-refractivity contribution < 1.29 is 39.0 Å². The monoisotopic (exact) mass is 803 g/mol. The third-order valence-electron chi connectivity index (χ3n) is 12.2. The van der Waals surface area contributed by atoms with Crippen molar-refractivity contribution in [1.29, 1.82) is 5.26 Å². The first-order chi connectivity index (χ1) is 28.1. The van der Waals surface area contributed by atoms with Gasteiger partial charge in [0.1, 0.15) is 18.2 Å². The zero-order chi connectivity index (χ0) is 43.1. The molecule has 10 heteroatoms. The number of carboxylic acid groups (broad SMARTS) is 2. The number of hydrogen-bond acceptors (Lipinski definition) is 7. The van der Waals surface area contributed by atoms with Crippen LogP contribution in [-0.4, -0.2) is 58.1 Å². The summed E-state index contributed by atoms with van der Waals surface area (Å²) in [5.41, 5.74) is 4.19. The number of aromatic carboxylic acids is 2. The third-order valence-corrected chi connectivity index (χ3v) is 12.2. The van der Waals surface area contributed by atoms with Crippen molar-refractivity contribution in [3.8, 4) is 6.07 Å². The summed E-state index contributed by atoms with van der Waals surface area (Å²) in [5, 5.41) is 45.0. The second-order valence-corrected chi connectivity index (χ2v) is 17.0. The van der Waals surface area contributed by atoms with Crippen molar-refractivity contribution in [2.45, 2.75) is 136 Å². The summed E-state index contributed by atoms with van der Waals surface area (Å²) in [6.45, 7) is 15.4. The predicted molar refractivity (Wildman–Crippen MR) is 229 cm³/mol. The van der Waals surface area contributed by atoms with E-state index in [1.54, 1.807) is 43.3 Å². The molecular weight excluding hydrogens is 743 g/mol. The zero-order valence-corrected chi connectivity index (χ0v) is 36.0. The van der Waals surface area contributed by atoms with Crippen LogP contribution < -0.4 is 10.0 Å². The number of nitrogens with zero attached hydrogens (tertiary/aromatic N) is 3. The number of fused-ring (bicyclic) bond motifs is 2. The minimum Gasteiger partial charge on any atom is -0.872 e. The zero-order valence-electron chi connectivity index (χ0n) is 36.0. The van der Waals surface area contributed by atoms with Crippen LogP contribution in [0.25, 0.3) is 0 Å². The highest BCUT2D eigenvalue weighted by atomic mass is 16.5. The Kier molecular flexibility index (Phi) is 14.5. The standard InChI is InChI=1S/C49H61N3O7/c1-8-11-13-15-17-19-25-51-39-23-21-32(45(54)55)27-37(39)48(4,5)41(51)29-34-43(36(31-50)47(58)59-10-3)35(44(34)53)30-42-49(6,7)38-28-33(46(56)57)22-24-40(38)52(42)26-20-18-16-14-12-9-2/h21-24,27-30H,8-20,25-26H2,1-7H3,(H2-,53,54,55,56,57,58). The van der Waals surface area contributed by atoms with Crippen molar-refractivity contribution >= 4 is 35.0 Å². The number of benzene rings is 2. The molecule has 0 spiro atoms. The van der Waals surface area contributed by atoms with Crippen molar-refractivity contribution in [2.75, 3.05) is 24.6 Å². The molecule has 2 aromatic rings. The van der Waals surface area contributed by atoms with Crippen LogP contribution in [0.2, 0.25) is 0 Å². The van der Waals surface area contributed by atoms with Crippen molar-refractivity contribution in [3.63, 3.8) is 0 Å². The molecule has 2 aliphatic heterocycles. The molecule has 0 bridgehead atoms. The number of allylic oxidation sites excluding steroid dienone is 5. The smallest absolute Gasteiger partial charge is 0.349 e. The van der Waals surface area contributed by atoms with Gasteiger partial charge in [0.25, 0.3) is 0 Å². The third kappa shape index (κ3) is 9.10. The summed E-state index contributed by atoms with van der Waals surface area (Å²) < 4.78 is 7.53. The first kappa shape index (κ1) is 44.7. The Balaban J connectivity index is 1.69. The largest absolute Gasteiger partial charge is 0.872 e. The van der Waals surface area contributed by atoms with Gasteiger partial charge in [-0.25, -0.2) is 14.4 Å². The lowest BCUT2D eigenvalue weighted by Crippen LogP contribution is -2.33. The maximum atomic E-state index is 14.7. The van der Waals surface area contributed by atoms with E-state index < -0.39 is 28.7 Å². The van der Waals surface area contributed by atoms with Crippen LogP contribution in [0, 0.1) is 11.3 Å². The molecule has 0 amide bonds. The van der Waals surface area contributed by atoms with Gasteiger partial charge in [-0.15, -0.1) is 0 Å². The molecule has 3 aliphatic rings. The highest BCUT2D eigenvalue weighted by Gasteiger charge is 2.47. The van der Waals surface area contributed by atoms with Gasteiger partial charge in [0.15, 0.2) is 5.71 Å². The molecule has 0 aromatic heterocycles. The Morgan fingerprint density at radius 2 is 1.37 bits per heavy atom. The summed E-state index contributed by atoms with van der Waals surface area (Å²) in [4.78, 5) is 39.9. The van der Waals surface area contributed by atoms with Gasteiger partial charge in [0.2, 0.25) is 5.69 Å². The fraction of sp³-hybridized carbons (Fsp3) is 0.490. The molecule has 0 saturated carbocycles. The van der Waals surface area contributed by atoms with Gasteiger partial charge in [-0.3, -0.25) is 0 Å². The number of esters is 1. The van der Waals surface area contributed by atoms with E-state index in [-0.39, 0.29) is 45.8 Å². The number of carbonyl (C=O) groups is 3. The molecule has 0 fully saturated rings. The molecule has 59 heavy (non-hydrogen) atoms. The maximum Gasteiger partial charge on any atom is 0.349 e. The molecule has 0 saturated heterocycles.